The van der Waals surface area contributed by atoms with Gasteiger partial charge in [-0.05, 0) is 44.2 Å². The van der Waals surface area contributed by atoms with Gasteiger partial charge in [-0.25, -0.2) is 18.5 Å². The van der Waals surface area contributed by atoms with Gasteiger partial charge in [0.2, 0.25) is 0 Å². The van der Waals surface area contributed by atoms with Crippen molar-refractivity contribution < 1.29 is 4.39 Å². The largest absolute Gasteiger partial charge is 0.354 e. The van der Waals surface area contributed by atoms with E-state index < -0.39 is 16.9 Å². The van der Waals surface area contributed by atoms with Crippen molar-refractivity contribution in [2.75, 3.05) is 5.75 Å². The molecule has 0 saturated carbocycles. The molecule has 0 aliphatic carbocycles. The molecule has 1 aromatic carbocycles. The molecule has 0 fully saturated rings. The van der Waals surface area contributed by atoms with E-state index in [4.69, 9.17) is 0 Å². The third-order valence-corrected chi connectivity index (χ3v) is 4.09. The molecule has 1 heterocycles. The highest BCUT2D eigenvalue weighted by molar-refractivity contribution is 7.99. The van der Waals surface area contributed by atoms with Crippen LogP contribution in [0.1, 0.15) is 33.3 Å². The number of aromatic nitrogens is 3. The Kier molecular flexibility index (Phi) is 5.09. The summed E-state index contributed by atoms with van der Waals surface area (Å²) in [6.45, 7) is 7.52. The molecule has 0 unspecified atom stereocenters. The van der Waals surface area contributed by atoms with Crippen molar-refractivity contribution in [3.05, 3.63) is 56.6 Å². The summed E-state index contributed by atoms with van der Waals surface area (Å²) < 4.78 is 15.7. The van der Waals surface area contributed by atoms with Gasteiger partial charge in [0.05, 0.1) is 6.54 Å². The minimum absolute atomic E-state index is 0.241. The third kappa shape index (κ3) is 3.90. The predicted octanol–water partition coefficient (Wildman–Crippen LogP) is 2.46. The van der Waals surface area contributed by atoms with E-state index >= 15 is 0 Å². The number of thioether (sulfide) groups is 1. The summed E-state index contributed by atoms with van der Waals surface area (Å²) in [7, 11) is 0. The van der Waals surface area contributed by atoms with Crippen LogP contribution >= 0.6 is 11.8 Å². The van der Waals surface area contributed by atoms with Gasteiger partial charge in [0.15, 0.2) is 5.16 Å². The van der Waals surface area contributed by atoms with Gasteiger partial charge in [-0.1, -0.05) is 30.8 Å². The summed E-state index contributed by atoms with van der Waals surface area (Å²) in [5.41, 5.74) is -0.847. The normalized spacial score (nSPS) is 11.7. The summed E-state index contributed by atoms with van der Waals surface area (Å²) in [6.07, 6.45) is 0. The van der Waals surface area contributed by atoms with Gasteiger partial charge in [0.1, 0.15) is 5.82 Å². The van der Waals surface area contributed by atoms with Gasteiger partial charge in [0, 0.05) is 5.54 Å². The molecule has 0 radical (unpaired) electrons. The lowest BCUT2D eigenvalue weighted by Gasteiger charge is -2.22. The SMILES string of the molecule is CCSc1nc(=O)n(C(C)(C)C)c(=O)n1Cc1ccc(F)cc1. The smallest absolute Gasteiger partial charge is 0.268 e. The number of benzene rings is 1. The number of hydrogen-bond acceptors (Lipinski definition) is 4. The maximum Gasteiger partial charge on any atom is 0.354 e. The van der Waals surface area contributed by atoms with E-state index in [1.807, 2.05) is 6.92 Å². The van der Waals surface area contributed by atoms with E-state index in [1.165, 1.54) is 28.5 Å². The first-order valence-electron chi connectivity index (χ1n) is 7.35. The van der Waals surface area contributed by atoms with Crippen LogP contribution in [0.3, 0.4) is 0 Å². The van der Waals surface area contributed by atoms with Crippen molar-refractivity contribution in [2.45, 2.75) is 44.9 Å². The second-order valence-electron chi connectivity index (χ2n) is 6.11. The molecule has 2 rings (SSSR count). The van der Waals surface area contributed by atoms with Crippen LogP contribution in [0, 0.1) is 5.82 Å². The molecule has 0 atom stereocenters. The summed E-state index contributed by atoms with van der Waals surface area (Å²) >= 11 is 1.34. The fourth-order valence-electron chi connectivity index (χ4n) is 2.20. The number of nitrogens with zero attached hydrogens (tertiary/aromatic N) is 3. The van der Waals surface area contributed by atoms with E-state index in [0.29, 0.717) is 10.9 Å². The van der Waals surface area contributed by atoms with Crippen LogP contribution in [0.15, 0.2) is 39.0 Å². The highest BCUT2D eigenvalue weighted by Gasteiger charge is 2.22. The zero-order valence-corrected chi connectivity index (χ0v) is 14.5. The standard InChI is InChI=1S/C16H20FN3O2S/c1-5-23-14-18-13(21)20(16(2,3)4)15(22)19(14)10-11-6-8-12(17)9-7-11/h6-9H,5,10H2,1-4H3. The Balaban J connectivity index is 2.61. The van der Waals surface area contributed by atoms with Gasteiger partial charge in [0.25, 0.3) is 0 Å². The van der Waals surface area contributed by atoms with E-state index in [2.05, 4.69) is 4.98 Å². The van der Waals surface area contributed by atoms with E-state index in [9.17, 15) is 14.0 Å². The minimum Gasteiger partial charge on any atom is -0.268 e. The summed E-state index contributed by atoms with van der Waals surface area (Å²) in [4.78, 5) is 29.1. The molecule has 124 valence electrons. The molecule has 0 aliphatic rings. The molecule has 7 heteroatoms. The molecule has 0 amide bonds. The monoisotopic (exact) mass is 337 g/mol. The molecule has 1 aromatic heterocycles. The van der Waals surface area contributed by atoms with Crippen molar-refractivity contribution in [2.24, 2.45) is 0 Å². The molecule has 0 spiro atoms. The Labute approximate surface area is 138 Å². The lowest BCUT2D eigenvalue weighted by Crippen LogP contribution is -2.49. The van der Waals surface area contributed by atoms with Crippen LogP contribution in [-0.2, 0) is 12.1 Å². The molecule has 0 bridgehead atoms. The summed E-state index contributed by atoms with van der Waals surface area (Å²) in [6, 6.07) is 5.93. The van der Waals surface area contributed by atoms with Crippen molar-refractivity contribution >= 4 is 11.8 Å². The predicted molar refractivity (Wildman–Crippen MR) is 89.7 cm³/mol. The summed E-state index contributed by atoms with van der Waals surface area (Å²) in [5, 5.41) is 0.382. The molecule has 2 aromatic rings. The van der Waals surface area contributed by atoms with Crippen LogP contribution in [0.2, 0.25) is 0 Å². The first kappa shape index (κ1) is 17.5. The average Bonchev–Trinajstić information content (AvgIpc) is 2.43. The first-order valence-corrected chi connectivity index (χ1v) is 8.34. The topological polar surface area (TPSA) is 56.9 Å². The van der Waals surface area contributed by atoms with Crippen LogP contribution in [-0.4, -0.2) is 19.9 Å². The zero-order chi connectivity index (χ0) is 17.2. The molecular weight excluding hydrogens is 317 g/mol. The van der Waals surface area contributed by atoms with Gasteiger partial charge < -0.3 is 0 Å². The van der Waals surface area contributed by atoms with Gasteiger partial charge in [-0.3, -0.25) is 4.57 Å². The zero-order valence-electron chi connectivity index (χ0n) is 13.7. The fraction of sp³-hybridized carbons (Fsp3) is 0.438. The minimum atomic E-state index is -0.666. The van der Waals surface area contributed by atoms with Crippen molar-refractivity contribution in [3.63, 3.8) is 0 Å². The summed E-state index contributed by atoms with van der Waals surface area (Å²) in [5.74, 6) is 0.358. The van der Waals surface area contributed by atoms with Crippen LogP contribution in [0.25, 0.3) is 0 Å². The molecule has 0 aliphatic heterocycles. The van der Waals surface area contributed by atoms with Crippen molar-refractivity contribution in [1.82, 2.24) is 14.1 Å². The highest BCUT2D eigenvalue weighted by Crippen LogP contribution is 2.15. The second-order valence-corrected chi connectivity index (χ2v) is 7.34. The van der Waals surface area contributed by atoms with Gasteiger partial charge in [-0.15, -0.1) is 0 Å². The van der Waals surface area contributed by atoms with Crippen LogP contribution in [0.4, 0.5) is 4.39 Å². The molecule has 0 saturated heterocycles. The quantitative estimate of drug-likeness (QED) is 0.804. The van der Waals surface area contributed by atoms with E-state index in [0.717, 1.165) is 10.1 Å². The number of hydrogen-bond donors (Lipinski definition) is 0. The average molecular weight is 337 g/mol. The van der Waals surface area contributed by atoms with E-state index in [-0.39, 0.29) is 12.4 Å². The third-order valence-electron chi connectivity index (χ3n) is 3.23. The lowest BCUT2D eigenvalue weighted by atomic mass is 10.1. The van der Waals surface area contributed by atoms with Crippen molar-refractivity contribution in [3.8, 4) is 0 Å². The Hall–Kier alpha value is -1.89. The van der Waals surface area contributed by atoms with Crippen LogP contribution in [0.5, 0.6) is 0 Å². The Morgan fingerprint density at radius 3 is 2.30 bits per heavy atom. The Bertz CT molecular complexity index is 804. The first-order chi connectivity index (χ1) is 10.7. The molecule has 5 nitrogen and oxygen atoms in total. The molecule has 23 heavy (non-hydrogen) atoms. The van der Waals surface area contributed by atoms with E-state index in [1.54, 1.807) is 32.9 Å². The lowest BCUT2D eigenvalue weighted by molar-refractivity contribution is 0.336. The van der Waals surface area contributed by atoms with Gasteiger partial charge >= 0.3 is 11.4 Å². The number of halogens is 1. The maximum absolute atomic E-state index is 13.0. The highest BCUT2D eigenvalue weighted by atomic mass is 32.2. The number of rotatable bonds is 4. The van der Waals surface area contributed by atoms with Crippen molar-refractivity contribution in [1.29, 1.82) is 0 Å². The molecule has 0 N–H and O–H groups in total. The Morgan fingerprint density at radius 2 is 1.78 bits per heavy atom. The maximum atomic E-state index is 13.0. The molecular formula is C16H20FN3O2S. The van der Waals surface area contributed by atoms with Gasteiger partial charge in [-0.2, -0.15) is 4.98 Å². The second kappa shape index (κ2) is 6.70. The fourth-order valence-corrected chi connectivity index (χ4v) is 2.90. The Morgan fingerprint density at radius 1 is 1.17 bits per heavy atom. The van der Waals surface area contributed by atoms with Crippen LogP contribution < -0.4 is 11.4 Å².